The van der Waals surface area contributed by atoms with Gasteiger partial charge in [-0.15, -0.1) is 0 Å². The number of alkyl carbamates (subject to hydrolysis) is 1. The van der Waals surface area contributed by atoms with E-state index in [1.807, 2.05) is 0 Å². The predicted molar refractivity (Wildman–Crippen MR) is 83.5 cm³/mol. The summed E-state index contributed by atoms with van der Waals surface area (Å²) in [7, 11) is 0. The minimum Gasteiger partial charge on any atom is -0.478 e. The van der Waals surface area contributed by atoms with Gasteiger partial charge in [0.05, 0.1) is 5.56 Å². The molecule has 4 N–H and O–H groups in total. The number of hydrogen-bond donors (Lipinski definition) is 3. The molecular formula is C16H20N2O4. The van der Waals surface area contributed by atoms with Crippen molar-refractivity contribution in [2.24, 2.45) is 0 Å². The Kier molecular flexibility index (Phi) is 5.81. The first kappa shape index (κ1) is 17.4. The van der Waals surface area contributed by atoms with Gasteiger partial charge in [0, 0.05) is 24.2 Å². The van der Waals surface area contributed by atoms with Crippen molar-refractivity contribution in [3.63, 3.8) is 0 Å². The van der Waals surface area contributed by atoms with Crippen LogP contribution in [0.2, 0.25) is 0 Å². The van der Waals surface area contributed by atoms with Gasteiger partial charge in [-0.25, -0.2) is 9.59 Å². The van der Waals surface area contributed by atoms with Crippen LogP contribution in [0.1, 0.15) is 43.1 Å². The number of carbonyl (C=O) groups is 2. The largest absolute Gasteiger partial charge is 0.478 e. The molecule has 0 radical (unpaired) electrons. The molecule has 0 saturated carbocycles. The van der Waals surface area contributed by atoms with Gasteiger partial charge < -0.3 is 20.9 Å². The zero-order valence-electron chi connectivity index (χ0n) is 12.9. The lowest BCUT2D eigenvalue weighted by Gasteiger charge is -2.19. The number of carboxylic acid groups (broad SMARTS) is 1. The quantitative estimate of drug-likeness (QED) is 0.451. The van der Waals surface area contributed by atoms with Crippen LogP contribution in [0.25, 0.3) is 0 Å². The average molecular weight is 304 g/mol. The number of rotatable bonds is 3. The van der Waals surface area contributed by atoms with E-state index in [4.69, 9.17) is 15.6 Å². The summed E-state index contributed by atoms with van der Waals surface area (Å²) in [6.07, 6.45) is -0.0681. The highest BCUT2D eigenvalue weighted by molar-refractivity contribution is 5.94. The van der Waals surface area contributed by atoms with Gasteiger partial charge in [-0.3, -0.25) is 0 Å². The smallest absolute Gasteiger partial charge is 0.407 e. The second-order valence-electron chi connectivity index (χ2n) is 5.59. The molecule has 0 bridgehead atoms. The number of nitrogens with two attached hydrogens (primary N) is 1. The fourth-order valence-corrected chi connectivity index (χ4v) is 1.53. The highest BCUT2D eigenvalue weighted by atomic mass is 16.6. The van der Waals surface area contributed by atoms with Crippen molar-refractivity contribution in [1.82, 2.24) is 5.32 Å². The number of hydrogen-bond acceptors (Lipinski definition) is 4. The molecule has 0 fully saturated rings. The lowest BCUT2D eigenvalue weighted by molar-refractivity contribution is 0.0528. The van der Waals surface area contributed by atoms with Crippen LogP contribution in [0.3, 0.4) is 0 Å². The van der Waals surface area contributed by atoms with E-state index in [0.29, 0.717) is 18.5 Å². The van der Waals surface area contributed by atoms with Crippen molar-refractivity contribution in [2.45, 2.75) is 32.8 Å². The Morgan fingerprint density at radius 1 is 1.36 bits per heavy atom. The lowest BCUT2D eigenvalue weighted by Crippen LogP contribution is -2.32. The summed E-state index contributed by atoms with van der Waals surface area (Å²) in [6.45, 7) is 5.71. The summed E-state index contributed by atoms with van der Waals surface area (Å²) in [4.78, 5) is 22.3. The summed E-state index contributed by atoms with van der Waals surface area (Å²) in [5, 5.41) is 11.6. The second-order valence-corrected chi connectivity index (χ2v) is 5.59. The predicted octanol–water partition coefficient (Wildman–Crippen LogP) is 2.23. The Bertz CT molecular complexity index is 621. The van der Waals surface area contributed by atoms with Gasteiger partial charge in [-0.05, 0) is 39.0 Å². The summed E-state index contributed by atoms with van der Waals surface area (Å²) < 4.78 is 5.08. The van der Waals surface area contributed by atoms with Crippen molar-refractivity contribution in [2.75, 3.05) is 12.3 Å². The van der Waals surface area contributed by atoms with E-state index in [9.17, 15) is 9.59 Å². The molecule has 1 rings (SSSR count). The first-order valence-corrected chi connectivity index (χ1v) is 6.77. The van der Waals surface area contributed by atoms with E-state index in [0.717, 1.165) is 0 Å². The molecule has 22 heavy (non-hydrogen) atoms. The van der Waals surface area contributed by atoms with Crippen molar-refractivity contribution < 1.29 is 19.4 Å². The third kappa shape index (κ3) is 6.18. The molecule has 0 atom stereocenters. The number of nitrogens with one attached hydrogen (secondary N) is 1. The van der Waals surface area contributed by atoms with Crippen LogP contribution in [0.15, 0.2) is 18.2 Å². The van der Waals surface area contributed by atoms with E-state index >= 15 is 0 Å². The van der Waals surface area contributed by atoms with Crippen LogP contribution in [-0.4, -0.2) is 29.3 Å². The fraction of sp³-hybridized carbons (Fsp3) is 0.375. The Labute approximate surface area is 129 Å². The van der Waals surface area contributed by atoms with Gasteiger partial charge >= 0.3 is 12.1 Å². The molecular weight excluding hydrogens is 284 g/mol. The van der Waals surface area contributed by atoms with Gasteiger partial charge in [0.2, 0.25) is 0 Å². The van der Waals surface area contributed by atoms with Crippen molar-refractivity contribution in [3.05, 3.63) is 29.3 Å². The summed E-state index contributed by atoms with van der Waals surface area (Å²) >= 11 is 0. The molecule has 0 saturated heterocycles. The molecule has 118 valence electrons. The van der Waals surface area contributed by atoms with Gasteiger partial charge in [-0.2, -0.15) is 0 Å². The van der Waals surface area contributed by atoms with Crippen LogP contribution >= 0.6 is 0 Å². The highest BCUT2D eigenvalue weighted by Gasteiger charge is 2.15. The van der Waals surface area contributed by atoms with E-state index in [1.54, 1.807) is 26.8 Å². The van der Waals surface area contributed by atoms with Crippen molar-refractivity contribution in [1.29, 1.82) is 0 Å². The first-order valence-electron chi connectivity index (χ1n) is 6.77. The average Bonchev–Trinajstić information content (AvgIpc) is 2.37. The Balaban J connectivity index is 2.50. The molecule has 0 aliphatic heterocycles. The number of benzene rings is 1. The molecule has 0 aliphatic rings. The Morgan fingerprint density at radius 2 is 2.05 bits per heavy atom. The van der Waals surface area contributed by atoms with Crippen LogP contribution in [0.5, 0.6) is 0 Å². The number of carboxylic acids is 1. The van der Waals surface area contributed by atoms with Crippen LogP contribution in [0.4, 0.5) is 10.5 Å². The summed E-state index contributed by atoms with van der Waals surface area (Å²) in [5.41, 5.74) is 5.81. The molecule has 1 amide bonds. The molecule has 0 unspecified atom stereocenters. The van der Waals surface area contributed by atoms with E-state index in [-0.39, 0.29) is 11.3 Å². The minimum absolute atomic E-state index is 0.0266. The van der Waals surface area contributed by atoms with Gasteiger partial charge in [0.15, 0.2) is 0 Å². The highest BCUT2D eigenvalue weighted by Crippen LogP contribution is 2.13. The standard InChI is InChI=1S/C16H20N2O4/c1-16(2,3)22-15(21)18-9-5-4-6-11-7-8-13(17)12(10-11)14(19)20/h7-8,10H,5,9,17H2,1-3H3,(H,18,21)(H,19,20). The van der Waals surface area contributed by atoms with E-state index in [1.165, 1.54) is 12.1 Å². The SMILES string of the molecule is CC(C)(C)OC(=O)NCCC#Cc1ccc(N)c(C(=O)O)c1. The zero-order chi connectivity index (χ0) is 16.8. The van der Waals surface area contributed by atoms with Gasteiger partial charge in [0.25, 0.3) is 0 Å². The molecule has 0 aliphatic carbocycles. The minimum atomic E-state index is -1.09. The summed E-state index contributed by atoms with van der Waals surface area (Å²) in [6, 6.07) is 4.58. The number of carbonyl (C=O) groups excluding carboxylic acids is 1. The molecule has 1 aromatic carbocycles. The normalized spacial score (nSPS) is 10.3. The van der Waals surface area contributed by atoms with E-state index in [2.05, 4.69) is 17.2 Å². The number of aromatic carboxylic acids is 1. The molecule has 0 spiro atoms. The number of anilines is 1. The number of nitrogen functional groups attached to an aromatic ring is 1. The lowest BCUT2D eigenvalue weighted by atomic mass is 10.1. The second kappa shape index (κ2) is 7.36. The molecule has 0 aromatic heterocycles. The Hall–Kier alpha value is -2.68. The van der Waals surface area contributed by atoms with Gasteiger partial charge in [-0.1, -0.05) is 11.8 Å². The molecule has 1 aromatic rings. The van der Waals surface area contributed by atoms with Crippen molar-refractivity contribution >= 4 is 17.7 Å². The van der Waals surface area contributed by atoms with Crippen molar-refractivity contribution in [3.8, 4) is 11.8 Å². The number of amides is 1. The van der Waals surface area contributed by atoms with Crippen LogP contribution < -0.4 is 11.1 Å². The monoisotopic (exact) mass is 304 g/mol. The van der Waals surface area contributed by atoms with Crippen LogP contribution in [-0.2, 0) is 4.74 Å². The molecule has 6 heteroatoms. The zero-order valence-corrected chi connectivity index (χ0v) is 12.9. The first-order chi connectivity index (χ1) is 10.2. The maximum Gasteiger partial charge on any atom is 0.407 e. The summed E-state index contributed by atoms with van der Waals surface area (Å²) in [5.74, 6) is 4.59. The maximum absolute atomic E-state index is 11.4. The number of ether oxygens (including phenoxy) is 1. The van der Waals surface area contributed by atoms with Gasteiger partial charge in [0.1, 0.15) is 5.60 Å². The van der Waals surface area contributed by atoms with E-state index < -0.39 is 17.7 Å². The third-order valence-electron chi connectivity index (χ3n) is 2.43. The van der Waals surface area contributed by atoms with Crippen LogP contribution in [0, 0.1) is 11.8 Å². The third-order valence-corrected chi connectivity index (χ3v) is 2.43. The Morgan fingerprint density at radius 3 is 2.64 bits per heavy atom. The fourth-order valence-electron chi connectivity index (χ4n) is 1.53. The molecule has 6 nitrogen and oxygen atoms in total. The molecule has 0 heterocycles. The topological polar surface area (TPSA) is 102 Å². The maximum atomic E-state index is 11.4.